The highest BCUT2D eigenvalue weighted by atomic mass is 16.5. The molecule has 0 spiro atoms. The van der Waals surface area contributed by atoms with Crippen molar-refractivity contribution in [3.8, 4) is 5.75 Å². The Bertz CT molecular complexity index is 1560. The minimum Gasteiger partial charge on any atom is -0.478 e. The van der Waals surface area contributed by atoms with Gasteiger partial charge in [-0.15, -0.1) is 0 Å². The topological polar surface area (TPSA) is 91.2 Å². The fourth-order valence-electron chi connectivity index (χ4n) is 5.36. The average molecular weight is 567 g/mol. The van der Waals surface area contributed by atoms with E-state index in [9.17, 15) is 15.0 Å². The maximum Gasteiger partial charge on any atom is 0.337 e. The van der Waals surface area contributed by atoms with Crippen molar-refractivity contribution in [2.45, 2.75) is 79.0 Å². The summed E-state index contributed by atoms with van der Waals surface area (Å²) >= 11 is 0. The van der Waals surface area contributed by atoms with Crippen LogP contribution < -0.4 is 10.1 Å². The first-order valence-electron chi connectivity index (χ1n) is 14.6. The van der Waals surface area contributed by atoms with Gasteiger partial charge >= 0.3 is 5.97 Å². The number of nitrogens with one attached hydrogen (secondary N) is 1. The van der Waals surface area contributed by atoms with Crippen molar-refractivity contribution >= 4 is 29.2 Å². The quantitative estimate of drug-likeness (QED) is 0.215. The monoisotopic (exact) mass is 566 g/mol. The van der Waals surface area contributed by atoms with Crippen LogP contribution >= 0.6 is 0 Å². The van der Waals surface area contributed by atoms with E-state index in [2.05, 4.69) is 68.6 Å². The standard InChI is InChI=1S/C36H42N2O4/c1-8-11-26-19-33(27-15-14-23(3)28(18-27)21-37-24(4)20-36(6,7)41)42-34-30(16-22(2)17-31(26)34)25(5)38-32-13-10-9-12-29(32)35(39)40/h9-19,21,24-25,38,41H,8,20H2,1-7H3,(H,39,40)/b26-11-,37-21?. The number of carbonyl (C=O) groups is 1. The molecule has 1 aliphatic rings. The maximum absolute atomic E-state index is 11.8. The largest absolute Gasteiger partial charge is 0.478 e. The van der Waals surface area contributed by atoms with Crippen molar-refractivity contribution < 1.29 is 19.7 Å². The van der Waals surface area contributed by atoms with E-state index in [1.165, 1.54) is 0 Å². The number of fused-ring (bicyclic) bond motifs is 1. The number of carboxylic acid groups (broad SMARTS) is 1. The molecule has 0 radical (unpaired) electrons. The Labute approximate surface area is 249 Å². The lowest BCUT2D eigenvalue weighted by molar-refractivity contribution is 0.0655. The first kappa shape index (κ1) is 30.8. The van der Waals surface area contributed by atoms with Crippen molar-refractivity contribution in [2.24, 2.45) is 4.99 Å². The molecular weight excluding hydrogens is 524 g/mol. The fraction of sp³-hybridized carbons (Fsp3) is 0.333. The molecule has 6 nitrogen and oxygen atoms in total. The Balaban J connectivity index is 1.72. The summed E-state index contributed by atoms with van der Waals surface area (Å²) in [5, 5.41) is 23.3. The summed E-state index contributed by atoms with van der Waals surface area (Å²) in [6.45, 7) is 13.9. The van der Waals surface area contributed by atoms with Gasteiger partial charge in [-0.3, -0.25) is 4.99 Å². The molecule has 0 aromatic heterocycles. The Morgan fingerprint density at radius 3 is 2.52 bits per heavy atom. The molecule has 0 saturated carbocycles. The molecule has 3 N–H and O–H groups in total. The molecule has 42 heavy (non-hydrogen) atoms. The van der Waals surface area contributed by atoms with Crippen LogP contribution in [-0.4, -0.2) is 34.0 Å². The van der Waals surface area contributed by atoms with E-state index in [0.717, 1.165) is 56.9 Å². The number of para-hydroxylation sites is 1. The number of rotatable bonds is 10. The average Bonchev–Trinajstić information content (AvgIpc) is 2.91. The predicted octanol–water partition coefficient (Wildman–Crippen LogP) is 8.37. The van der Waals surface area contributed by atoms with Gasteiger partial charge in [0.15, 0.2) is 0 Å². The number of allylic oxidation sites excluding steroid dienone is 3. The van der Waals surface area contributed by atoms with Crippen molar-refractivity contribution in [2.75, 3.05) is 5.32 Å². The van der Waals surface area contributed by atoms with Crippen molar-refractivity contribution in [1.82, 2.24) is 0 Å². The number of aliphatic imine (C=N–C) groups is 1. The lowest BCUT2D eigenvalue weighted by Gasteiger charge is -2.27. The van der Waals surface area contributed by atoms with E-state index in [4.69, 9.17) is 9.73 Å². The van der Waals surface area contributed by atoms with Crippen LogP contribution in [0.4, 0.5) is 5.69 Å². The fourth-order valence-corrected chi connectivity index (χ4v) is 5.36. The second-order valence-corrected chi connectivity index (χ2v) is 11.8. The van der Waals surface area contributed by atoms with Crippen molar-refractivity contribution in [3.05, 3.63) is 106 Å². The van der Waals surface area contributed by atoms with E-state index in [1.807, 2.05) is 26.1 Å². The third kappa shape index (κ3) is 7.37. The van der Waals surface area contributed by atoms with Gasteiger partial charge in [0.05, 0.1) is 17.2 Å². The lowest BCUT2D eigenvalue weighted by atomic mass is 9.91. The molecule has 0 aliphatic carbocycles. The van der Waals surface area contributed by atoms with Gasteiger partial charge in [0.1, 0.15) is 11.5 Å². The van der Waals surface area contributed by atoms with E-state index in [1.54, 1.807) is 32.0 Å². The Hall–Kier alpha value is -4.16. The highest BCUT2D eigenvalue weighted by Crippen LogP contribution is 2.43. The smallest absolute Gasteiger partial charge is 0.337 e. The highest BCUT2D eigenvalue weighted by molar-refractivity contribution is 5.94. The molecule has 0 bridgehead atoms. The number of ether oxygens (including phenoxy) is 1. The van der Waals surface area contributed by atoms with Gasteiger partial charge in [0.25, 0.3) is 0 Å². The Morgan fingerprint density at radius 2 is 1.83 bits per heavy atom. The normalized spacial score (nSPS) is 15.6. The second kappa shape index (κ2) is 12.8. The molecule has 220 valence electrons. The van der Waals surface area contributed by atoms with E-state index in [0.29, 0.717) is 12.1 Å². The van der Waals surface area contributed by atoms with Gasteiger partial charge < -0.3 is 20.3 Å². The minimum absolute atomic E-state index is 0.0183. The molecule has 3 aromatic rings. The van der Waals surface area contributed by atoms with Crippen molar-refractivity contribution in [1.29, 1.82) is 0 Å². The summed E-state index contributed by atoms with van der Waals surface area (Å²) < 4.78 is 6.69. The molecule has 4 rings (SSSR count). The van der Waals surface area contributed by atoms with E-state index >= 15 is 0 Å². The third-order valence-electron chi connectivity index (χ3n) is 7.32. The Morgan fingerprint density at radius 1 is 1.10 bits per heavy atom. The minimum atomic E-state index is -0.973. The number of benzene rings is 3. The molecule has 0 fully saturated rings. The van der Waals surface area contributed by atoms with E-state index in [-0.39, 0.29) is 17.6 Å². The molecule has 1 aliphatic heterocycles. The molecule has 0 saturated heterocycles. The zero-order chi connectivity index (χ0) is 30.6. The van der Waals surface area contributed by atoms with Crippen molar-refractivity contribution in [3.63, 3.8) is 0 Å². The van der Waals surface area contributed by atoms with Gasteiger partial charge in [-0.1, -0.05) is 43.3 Å². The Kier molecular flexibility index (Phi) is 9.37. The number of nitrogens with zero attached hydrogens (tertiary/aromatic N) is 1. The summed E-state index contributed by atoms with van der Waals surface area (Å²) in [7, 11) is 0. The van der Waals surface area contributed by atoms with Crippen LogP contribution in [0.25, 0.3) is 11.3 Å². The van der Waals surface area contributed by atoms with Crippen LogP contribution in [0.1, 0.15) is 97.2 Å². The number of aryl methyl sites for hydroxylation is 2. The summed E-state index contributed by atoms with van der Waals surface area (Å²) in [5.41, 5.74) is 7.20. The van der Waals surface area contributed by atoms with Gasteiger partial charge in [-0.25, -0.2) is 4.79 Å². The zero-order valence-electron chi connectivity index (χ0n) is 25.7. The predicted molar refractivity (Wildman–Crippen MR) is 173 cm³/mol. The van der Waals surface area contributed by atoms with E-state index < -0.39 is 11.6 Å². The number of aromatic carboxylic acids is 1. The molecule has 2 atom stereocenters. The zero-order valence-corrected chi connectivity index (χ0v) is 25.7. The SMILES string of the molecule is CC/C=C1/C=C(c2ccc(C)c(C=NC(C)CC(C)(C)O)c2)Oc2c1cc(C)cc2C(C)Nc1ccccc1C(=O)O. The summed E-state index contributed by atoms with van der Waals surface area (Å²) in [6.07, 6.45) is 7.62. The summed E-state index contributed by atoms with van der Waals surface area (Å²) in [4.78, 5) is 16.5. The summed E-state index contributed by atoms with van der Waals surface area (Å²) in [5.74, 6) is 0.532. The molecular formula is C36H42N2O4. The van der Waals surface area contributed by atoms with Crippen LogP contribution in [0.5, 0.6) is 5.75 Å². The van der Waals surface area contributed by atoms with Crippen LogP contribution in [0.2, 0.25) is 0 Å². The number of carboxylic acids is 1. The van der Waals surface area contributed by atoms with Crippen LogP contribution in [0, 0.1) is 13.8 Å². The molecule has 6 heteroatoms. The number of hydrogen-bond acceptors (Lipinski definition) is 5. The van der Waals surface area contributed by atoms with Gasteiger partial charge in [0, 0.05) is 34.6 Å². The number of aliphatic hydroxyl groups is 1. The molecule has 3 aromatic carbocycles. The summed E-state index contributed by atoms with van der Waals surface area (Å²) in [6, 6.07) is 17.2. The lowest BCUT2D eigenvalue weighted by Crippen LogP contribution is -2.23. The first-order chi connectivity index (χ1) is 19.9. The van der Waals surface area contributed by atoms with Gasteiger partial charge in [-0.05, 0) is 107 Å². The van der Waals surface area contributed by atoms with Gasteiger partial charge in [0.2, 0.25) is 0 Å². The number of anilines is 1. The highest BCUT2D eigenvalue weighted by Gasteiger charge is 2.25. The van der Waals surface area contributed by atoms with Crippen LogP contribution in [0.15, 0.2) is 71.7 Å². The molecule has 1 heterocycles. The third-order valence-corrected chi connectivity index (χ3v) is 7.32. The van der Waals surface area contributed by atoms with Crippen LogP contribution in [0.3, 0.4) is 0 Å². The molecule has 0 amide bonds. The molecule has 2 unspecified atom stereocenters. The number of hydrogen-bond donors (Lipinski definition) is 3. The van der Waals surface area contributed by atoms with Crippen LogP contribution in [-0.2, 0) is 0 Å². The first-order valence-corrected chi connectivity index (χ1v) is 14.6. The van der Waals surface area contributed by atoms with Gasteiger partial charge in [-0.2, -0.15) is 0 Å². The second-order valence-electron chi connectivity index (χ2n) is 11.8. The maximum atomic E-state index is 11.8.